The van der Waals surface area contributed by atoms with Gasteiger partial charge in [0.1, 0.15) is 11.6 Å². The molecule has 2 fully saturated rings. The number of guanidine groups is 1. The Morgan fingerprint density at radius 3 is 2.50 bits per heavy atom. The van der Waals surface area contributed by atoms with E-state index >= 15 is 0 Å². The highest BCUT2D eigenvalue weighted by Crippen LogP contribution is 2.26. The van der Waals surface area contributed by atoms with Crippen molar-refractivity contribution in [2.45, 2.75) is 57.9 Å². The van der Waals surface area contributed by atoms with Crippen LogP contribution in [-0.4, -0.2) is 49.0 Å². The van der Waals surface area contributed by atoms with Crippen LogP contribution in [0.15, 0.2) is 23.2 Å². The summed E-state index contributed by atoms with van der Waals surface area (Å²) >= 11 is 0. The van der Waals surface area contributed by atoms with Gasteiger partial charge in [0.05, 0.1) is 0 Å². The number of nitrogens with one attached hydrogen (secondary N) is 2. The van der Waals surface area contributed by atoms with E-state index in [0.29, 0.717) is 36.9 Å². The van der Waals surface area contributed by atoms with Gasteiger partial charge in [0, 0.05) is 44.2 Å². The number of halogens is 3. The van der Waals surface area contributed by atoms with Crippen LogP contribution < -0.4 is 10.6 Å². The predicted molar refractivity (Wildman–Crippen MR) is 126 cm³/mol. The number of carbonyl (C=O) groups excluding carboxylic acids is 1. The molecular formula is C22H33F2IN4O. The fraction of sp³-hybridized carbons (Fsp3) is 0.636. The molecule has 1 aromatic carbocycles. The summed E-state index contributed by atoms with van der Waals surface area (Å²) in [4.78, 5) is 19.3. The predicted octanol–water partition coefficient (Wildman–Crippen LogP) is 3.86. The molecule has 1 saturated heterocycles. The van der Waals surface area contributed by atoms with Gasteiger partial charge in [0.2, 0.25) is 5.91 Å². The van der Waals surface area contributed by atoms with Crippen LogP contribution in [0.4, 0.5) is 8.78 Å². The Morgan fingerprint density at radius 2 is 1.83 bits per heavy atom. The van der Waals surface area contributed by atoms with Crippen LogP contribution in [0.5, 0.6) is 0 Å². The van der Waals surface area contributed by atoms with Gasteiger partial charge in [-0.25, -0.2) is 8.78 Å². The van der Waals surface area contributed by atoms with E-state index in [9.17, 15) is 13.6 Å². The fourth-order valence-electron chi connectivity index (χ4n) is 4.25. The number of carbonyl (C=O) groups is 1. The van der Waals surface area contributed by atoms with E-state index in [2.05, 4.69) is 15.6 Å². The topological polar surface area (TPSA) is 56.7 Å². The van der Waals surface area contributed by atoms with Gasteiger partial charge in [-0.2, -0.15) is 0 Å². The number of benzene rings is 1. The molecule has 1 aromatic rings. The smallest absolute Gasteiger partial charge is 0.225 e. The molecule has 1 unspecified atom stereocenters. The number of rotatable bonds is 6. The molecule has 3 rings (SSSR count). The Kier molecular flexibility index (Phi) is 10.3. The zero-order valence-electron chi connectivity index (χ0n) is 17.6. The molecule has 1 atom stereocenters. The molecule has 2 aliphatic rings. The Morgan fingerprint density at radius 1 is 1.13 bits per heavy atom. The van der Waals surface area contributed by atoms with Crippen molar-refractivity contribution in [3.63, 3.8) is 0 Å². The molecule has 168 valence electrons. The molecule has 1 heterocycles. The van der Waals surface area contributed by atoms with Crippen molar-refractivity contribution in [1.29, 1.82) is 0 Å². The summed E-state index contributed by atoms with van der Waals surface area (Å²) in [5.74, 6) is 0.0619. The molecule has 0 aromatic heterocycles. The van der Waals surface area contributed by atoms with E-state index in [1.807, 2.05) is 11.8 Å². The largest absolute Gasteiger partial charge is 0.357 e. The van der Waals surface area contributed by atoms with Gasteiger partial charge < -0.3 is 15.5 Å². The van der Waals surface area contributed by atoms with Crippen molar-refractivity contribution in [1.82, 2.24) is 15.5 Å². The first-order valence-electron chi connectivity index (χ1n) is 10.8. The molecule has 8 heteroatoms. The van der Waals surface area contributed by atoms with Crippen LogP contribution in [-0.2, 0) is 11.2 Å². The van der Waals surface area contributed by atoms with E-state index < -0.39 is 11.6 Å². The van der Waals surface area contributed by atoms with Gasteiger partial charge in [-0.15, -0.1) is 24.0 Å². The molecule has 1 aliphatic heterocycles. The maximum atomic E-state index is 13.3. The zero-order chi connectivity index (χ0) is 20.6. The summed E-state index contributed by atoms with van der Waals surface area (Å²) < 4.78 is 26.6. The number of aliphatic imine (C=N–C) groups is 1. The average Bonchev–Trinajstić information content (AvgIpc) is 3.16. The third kappa shape index (κ3) is 7.35. The van der Waals surface area contributed by atoms with Gasteiger partial charge in [-0.1, -0.05) is 19.3 Å². The van der Waals surface area contributed by atoms with Crippen LogP contribution in [0.1, 0.15) is 51.0 Å². The lowest BCUT2D eigenvalue weighted by atomic mass is 9.88. The van der Waals surface area contributed by atoms with Crippen molar-refractivity contribution in [2.75, 3.05) is 26.2 Å². The van der Waals surface area contributed by atoms with Crippen LogP contribution in [0.3, 0.4) is 0 Å². The van der Waals surface area contributed by atoms with Crippen molar-refractivity contribution < 1.29 is 13.6 Å². The number of amides is 1. The summed E-state index contributed by atoms with van der Waals surface area (Å²) in [7, 11) is 0. The Labute approximate surface area is 195 Å². The monoisotopic (exact) mass is 534 g/mol. The van der Waals surface area contributed by atoms with Crippen molar-refractivity contribution >= 4 is 35.8 Å². The quantitative estimate of drug-likeness (QED) is 0.331. The van der Waals surface area contributed by atoms with E-state index in [-0.39, 0.29) is 35.9 Å². The molecule has 0 bridgehead atoms. The lowest BCUT2D eigenvalue weighted by molar-refractivity contribution is -0.135. The van der Waals surface area contributed by atoms with Crippen molar-refractivity contribution in [3.8, 4) is 0 Å². The minimum Gasteiger partial charge on any atom is -0.357 e. The zero-order valence-corrected chi connectivity index (χ0v) is 20.0. The van der Waals surface area contributed by atoms with E-state index in [0.717, 1.165) is 38.4 Å². The van der Waals surface area contributed by atoms with Crippen molar-refractivity contribution in [2.24, 2.45) is 10.9 Å². The van der Waals surface area contributed by atoms with Crippen LogP contribution in [0.25, 0.3) is 0 Å². The first-order chi connectivity index (χ1) is 14.0. The van der Waals surface area contributed by atoms with Gasteiger partial charge in [-0.05, 0) is 50.3 Å². The maximum absolute atomic E-state index is 13.3. The normalized spacial score (nSPS) is 20.0. The molecule has 1 saturated carbocycles. The van der Waals surface area contributed by atoms with Crippen LogP contribution in [0.2, 0.25) is 0 Å². The lowest BCUT2D eigenvalue weighted by Crippen LogP contribution is -2.45. The minimum atomic E-state index is -0.567. The van der Waals surface area contributed by atoms with Crippen molar-refractivity contribution in [3.05, 3.63) is 35.4 Å². The number of nitrogens with zero attached hydrogens (tertiary/aromatic N) is 2. The van der Waals surface area contributed by atoms with Crippen LogP contribution >= 0.6 is 24.0 Å². The number of hydrogen-bond acceptors (Lipinski definition) is 2. The molecule has 5 nitrogen and oxygen atoms in total. The standard InChI is InChI=1S/C22H32F2N4O.HI/c1-2-25-22(26-10-8-16-12-18(23)14-19(24)13-16)27-20-9-11-28(15-20)21(29)17-6-4-3-5-7-17;/h12-14,17,20H,2-11,15H2,1H3,(H2,25,26,27);1H. The molecule has 1 amide bonds. The van der Waals surface area contributed by atoms with E-state index in [1.54, 1.807) is 0 Å². The SMILES string of the molecule is CCNC(=NCCc1cc(F)cc(F)c1)NC1CCN(C(=O)C2CCCCC2)C1.I. The third-order valence-electron chi connectivity index (χ3n) is 5.73. The molecule has 0 spiro atoms. The lowest BCUT2D eigenvalue weighted by Gasteiger charge is -2.26. The summed E-state index contributed by atoms with van der Waals surface area (Å²) in [6, 6.07) is 3.72. The van der Waals surface area contributed by atoms with Gasteiger partial charge in [0.15, 0.2) is 5.96 Å². The summed E-state index contributed by atoms with van der Waals surface area (Å²) in [5, 5.41) is 6.62. The Bertz CT molecular complexity index is 705. The van der Waals surface area contributed by atoms with E-state index in [4.69, 9.17) is 0 Å². The van der Waals surface area contributed by atoms with E-state index in [1.165, 1.54) is 31.4 Å². The van der Waals surface area contributed by atoms with Crippen LogP contribution in [0, 0.1) is 17.6 Å². The summed E-state index contributed by atoms with van der Waals surface area (Å²) in [6.45, 7) is 4.63. The highest BCUT2D eigenvalue weighted by Gasteiger charge is 2.31. The van der Waals surface area contributed by atoms with Gasteiger partial charge in [0.25, 0.3) is 0 Å². The Hall–Kier alpha value is -1.45. The molecule has 1 aliphatic carbocycles. The summed E-state index contributed by atoms with van der Waals surface area (Å²) in [5.41, 5.74) is 0.590. The highest BCUT2D eigenvalue weighted by atomic mass is 127. The highest BCUT2D eigenvalue weighted by molar-refractivity contribution is 14.0. The average molecular weight is 534 g/mol. The van der Waals surface area contributed by atoms with Gasteiger partial charge in [-0.3, -0.25) is 9.79 Å². The summed E-state index contributed by atoms with van der Waals surface area (Å²) in [6.07, 6.45) is 6.99. The third-order valence-corrected chi connectivity index (χ3v) is 5.73. The second-order valence-corrected chi connectivity index (χ2v) is 8.04. The first kappa shape index (κ1) is 24.8. The fourth-order valence-corrected chi connectivity index (χ4v) is 4.25. The minimum absolute atomic E-state index is 0. The second kappa shape index (κ2) is 12.4. The number of hydrogen-bond donors (Lipinski definition) is 2. The molecular weight excluding hydrogens is 501 g/mol. The maximum Gasteiger partial charge on any atom is 0.225 e. The number of likely N-dealkylation sites (tertiary alicyclic amines) is 1. The second-order valence-electron chi connectivity index (χ2n) is 8.04. The molecule has 2 N–H and O–H groups in total. The molecule has 30 heavy (non-hydrogen) atoms. The molecule has 0 radical (unpaired) electrons. The Balaban J connectivity index is 0.00000320. The van der Waals surface area contributed by atoms with Gasteiger partial charge >= 0.3 is 0 Å². The first-order valence-corrected chi connectivity index (χ1v) is 10.8.